The van der Waals surface area contributed by atoms with Crippen molar-refractivity contribution in [3.8, 4) is 0 Å². The molecule has 1 aliphatic heterocycles. The largest absolute Gasteiger partial charge is 0.382 e. The summed E-state index contributed by atoms with van der Waals surface area (Å²) in [6.07, 6.45) is 1.70. The number of carbonyl (C=O) groups is 1. The van der Waals surface area contributed by atoms with Crippen LogP contribution >= 0.6 is 15.9 Å². The molecule has 132 valence electrons. The highest BCUT2D eigenvalue weighted by molar-refractivity contribution is 9.10. The summed E-state index contributed by atoms with van der Waals surface area (Å²) < 4.78 is 0.849. The maximum Gasteiger partial charge on any atom is 0.283 e. The Labute approximate surface area is 161 Å². The van der Waals surface area contributed by atoms with Crippen LogP contribution in [0.3, 0.4) is 0 Å². The lowest BCUT2D eigenvalue weighted by atomic mass is 10.00. The van der Waals surface area contributed by atoms with Crippen molar-refractivity contribution in [2.24, 2.45) is 4.99 Å². The first-order valence-electron chi connectivity index (χ1n) is 8.10. The number of hydrogen-bond acceptors (Lipinski definition) is 4. The van der Waals surface area contributed by atoms with Crippen molar-refractivity contribution in [1.82, 2.24) is 4.90 Å². The van der Waals surface area contributed by atoms with Gasteiger partial charge in [-0.25, -0.2) is 4.99 Å². The summed E-state index contributed by atoms with van der Waals surface area (Å²) in [5.41, 5.74) is 2.84. The predicted octanol–water partition coefficient (Wildman–Crippen LogP) is 4.03. The summed E-state index contributed by atoms with van der Waals surface area (Å²) in [5.74, 6) is 0.396. The Kier molecular flexibility index (Phi) is 5.04. The van der Waals surface area contributed by atoms with Crippen molar-refractivity contribution in [3.63, 3.8) is 0 Å². The lowest BCUT2D eigenvalue weighted by Crippen LogP contribution is -2.32. The summed E-state index contributed by atoms with van der Waals surface area (Å²) in [5, 5.41) is 8.65. The number of amidine groups is 1. The monoisotopic (exact) mass is 410 g/mol. The molecule has 0 atom stereocenters. The topological polar surface area (TPSA) is 59.8 Å². The molecule has 0 radical (unpaired) electrons. The van der Waals surface area contributed by atoms with Crippen LogP contribution in [0.2, 0.25) is 0 Å². The maximum absolute atomic E-state index is 12.9. The lowest BCUT2D eigenvalue weighted by molar-refractivity contribution is -0.114. The molecule has 1 amide bonds. The van der Waals surface area contributed by atoms with E-state index < -0.39 is 0 Å². The van der Waals surface area contributed by atoms with Gasteiger partial charge in [0.25, 0.3) is 5.91 Å². The molecule has 0 saturated carbocycles. The summed E-state index contributed by atoms with van der Waals surface area (Å²) in [6, 6.07) is 15.0. The molecule has 0 bridgehead atoms. The molecule has 0 fully saturated rings. The molecule has 1 aliphatic rings. The van der Waals surface area contributed by atoms with Crippen molar-refractivity contribution >= 4 is 39.1 Å². The molecule has 2 aromatic rings. The molecule has 0 spiro atoms. The predicted molar refractivity (Wildman–Crippen MR) is 109 cm³/mol. The first-order valence-corrected chi connectivity index (χ1v) is 8.89. The van der Waals surface area contributed by atoms with Gasteiger partial charge in [-0.05, 0) is 25.1 Å². The minimum absolute atomic E-state index is 0.194. The van der Waals surface area contributed by atoms with Crippen molar-refractivity contribution in [1.29, 1.82) is 5.41 Å². The third kappa shape index (κ3) is 3.46. The van der Waals surface area contributed by atoms with Crippen LogP contribution in [0.4, 0.5) is 5.69 Å². The standard InChI is InChI=1S/C20H19BrN4O/c1-13-23-17(12-24(2)3)20(26)25(13)18-10-9-15(21)11-16(18)19(22)14-7-5-4-6-8-14/h4-12,22H,1-3H3/b17-12-,22-19?. The van der Waals surface area contributed by atoms with Crippen LogP contribution in [0.1, 0.15) is 18.1 Å². The van der Waals surface area contributed by atoms with E-state index in [0.717, 1.165) is 10.0 Å². The van der Waals surface area contributed by atoms with E-state index in [1.807, 2.05) is 62.6 Å². The molecule has 1 heterocycles. The molecule has 26 heavy (non-hydrogen) atoms. The molecule has 0 saturated heterocycles. The Morgan fingerprint density at radius 3 is 2.54 bits per heavy atom. The Morgan fingerprint density at radius 1 is 1.19 bits per heavy atom. The van der Waals surface area contributed by atoms with Gasteiger partial charge in [-0.1, -0.05) is 46.3 Å². The average Bonchev–Trinajstić information content (AvgIpc) is 2.88. The zero-order chi connectivity index (χ0) is 18.8. The number of carbonyl (C=O) groups excluding carboxylic acids is 1. The lowest BCUT2D eigenvalue weighted by Gasteiger charge is -2.21. The zero-order valence-corrected chi connectivity index (χ0v) is 16.4. The smallest absolute Gasteiger partial charge is 0.283 e. The minimum atomic E-state index is -0.194. The molecule has 1 N–H and O–H groups in total. The fourth-order valence-electron chi connectivity index (χ4n) is 2.81. The normalized spacial score (nSPS) is 15.4. The van der Waals surface area contributed by atoms with Gasteiger partial charge >= 0.3 is 0 Å². The van der Waals surface area contributed by atoms with E-state index in [-0.39, 0.29) is 5.91 Å². The van der Waals surface area contributed by atoms with Gasteiger partial charge in [0.05, 0.1) is 11.4 Å². The van der Waals surface area contributed by atoms with E-state index in [0.29, 0.717) is 28.5 Å². The highest BCUT2D eigenvalue weighted by Gasteiger charge is 2.31. The van der Waals surface area contributed by atoms with Gasteiger partial charge in [0, 0.05) is 35.9 Å². The van der Waals surface area contributed by atoms with E-state index in [2.05, 4.69) is 20.9 Å². The Hall–Kier alpha value is -2.73. The van der Waals surface area contributed by atoms with Crippen LogP contribution in [-0.4, -0.2) is 36.4 Å². The maximum atomic E-state index is 12.9. The fourth-order valence-corrected chi connectivity index (χ4v) is 3.17. The second-order valence-electron chi connectivity index (χ2n) is 6.18. The molecule has 0 aliphatic carbocycles. The van der Waals surface area contributed by atoms with Crippen molar-refractivity contribution < 1.29 is 4.79 Å². The van der Waals surface area contributed by atoms with Gasteiger partial charge in [-0.2, -0.15) is 0 Å². The fraction of sp³-hybridized carbons (Fsp3) is 0.150. The summed E-state index contributed by atoms with van der Waals surface area (Å²) in [6.45, 7) is 1.80. The van der Waals surface area contributed by atoms with Crippen molar-refractivity contribution in [2.45, 2.75) is 6.92 Å². The molecule has 0 aromatic heterocycles. The van der Waals surface area contributed by atoms with Gasteiger partial charge < -0.3 is 4.90 Å². The van der Waals surface area contributed by atoms with Crippen LogP contribution in [0.15, 0.2) is 69.9 Å². The number of nitrogens with zero attached hydrogens (tertiary/aromatic N) is 3. The SMILES string of the molecule is CC1=N/C(=C\N(C)C)C(=O)N1c1ccc(Br)cc1C(=N)c1ccccc1. The second kappa shape index (κ2) is 7.25. The second-order valence-corrected chi connectivity index (χ2v) is 7.10. The number of halogens is 1. The van der Waals surface area contributed by atoms with E-state index in [4.69, 9.17) is 5.41 Å². The van der Waals surface area contributed by atoms with Gasteiger partial charge in [-0.15, -0.1) is 0 Å². The van der Waals surface area contributed by atoms with Crippen LogP contribution in [0.25, 0.3) is 0 Å². The van der Waals surface area contributed by atoms with Crippen LogP contribution in [0.5, 0.6) is 0 Å². The Morgan fingerprint density at radius 2 is 1.88 bits per heavy atom. The Bertz CT molecular complexity index is 932. The number of amides is 1. The molecule has 0 unspecified atom stereocenters. The van der Waals surface area contributed by atoms with Crippen LogP contribution < -0.4 is 4.90 Å². The summed E-state index contributed by atoms with van der Waals surface area (Å²) in [7, 11) is 3.70. The van der Waals surface area contributed by atoms with Gasteiger partial charge in [0.2, 0.25) is 0 Å². The van der Waals surface area contributed by atoms with E-state index >= 15 is 0 Å². The van der Waals surface area contributed by atoms with Crippen molar-refractivity contribution in [2.75, 3.05) is 19.0 Å². The molecular formula is C20H19BrN4O. The van der Waals surface area contributed by atoms with Crippen molar-refractivity contribution in [3.05, 3.63) is 76.0 Å². The minimum Gasteiger partial charge on any atom is -0.382 e. The number of rotatable bonds is 4. The van der Waals surface area contributed by atoms with Gasteiger partial charge in [0.1, 0.15) is 11.5 Å². The molecule has 2 aromatic carbocycles. The highest BCUT2D eigenvalue weighted by Crippen LogP contribution is 2.31. The van der Waals surface area contributed by atoms with Gasteiger partial charge in [0.15, 0.2) is 0 Å². The van der Waals surface area contributed by atoms with Crippen LogP contribution in [-0.2, 0) is 4.79 Å². The third-order valence-electron chi connectivity index (χ3n) is 3.94. The highest BCUT2D eigenvalue weighted by atomic mass is 79.9. The molecule has 6 heteroatoms. The van der Waals surface area contributed by atoms with Gasteiger partial charge in [-0.3, -0.25) is 15.1 Å². The van der Waals surface area contributed by atoms with E-state index in [1.54, 1.807) is 22.9 Å². The Balaban J connectivity index is 2.09. The zero-order valence-electron chi connectivity index (χ0n) is 14.8. The average molecular weight is 411 g/mol. The first kappa shape index (κ1) is 18.1. The van der Waals surface area contributed by atoms with Crippen LogP contribution in [0, 0.1) is 5.41 Å². The number of benzene rings is 2. The molecule has 5 nitrogen and oxygen atoms in total. The quantitative estimate of drug-likeness (QED) is 0.610. The van der Waals surface area contributed by atoms with E-state index in [9.17, 15) is 4.79 Å². The number of aliphatic imine (C=N–C) groups is 1. The summed E-state index contributed by atoms with van der Waals surface area (Å²) >= 11 is 3.47. The number of hydrogen-bond donors (Lipinski definition) is 1. The van der Waals surface area contributed by atoms with E-state index in [1.165, 1.54) is 0 Å². The molecule has 3 rings (SSSR count). The molecular weight excluding hydrogens is 392 g/mol. The summed E-state index contributed by atoms with van der Waals surface area (Å²) in [4.78, 5) is 20.6. The third-order valence-corrected chi connectivity index (χ3v) is 4.43. The number of anilines is 1. The number of nitrogens with one attached hydrogen (secondary N) is 1. The first-order chi connectivity index (χ1) is 12.4.